The molecule has 1 aromatic heterocycles. The van der Waals surface area contributed by atoms with E-state index in [0.29, 0.717) is 0 Å². The average molecular weight is 394 g/mol. The van der Waals surface area contributed by atoms with E-state index in [2.05, 4.69) is 80.4 Å². The molecule has 0 bridgehead atoms. The molecule has 2 aromatic carbocycles. The van der Waals surface area contributed by atoms with Gasteiger partial charge in [0.1, 0.15) is 0 Å². The van der Waals surface area contributed by atoms with Gasteiger partial charge >= 0.3 is 0 Å². The highest BCUT2D eigenvalue weighted by atomic mass is 79.9. The first-order chi connectivity index (χ1) is 9.25. The van der Waals surface area contributed by atoms with Crippen molar-refractivity contribution in [2.45, 2.75) is 0 Å². The van der Waals surface area contributed by atoms with Gasteiger partial charge in [-0.3, -0.25) is 0 Å². The van der Waals surface area contributed by atoms with Gasteiger partial charge in [0.15, 0.2) is 0 Å². The van der Waals surface area contributed by atoms with E-state index in [1.807, 2.05) is 23.5 Å². The van der Waals surface area contributed by atoms with E-state index < -0.39 is 0 Å². The Balaban J connectivity index is 2.06. The molecule has 0 N–H and O–H groups in total. The molecule has 19 heavy (non-hydrogen) atoms. The van der Waals surface area contributed by atoms with Crippen molar-refractivity contribution in [3.63, 3.8) is 0 Å². The minimum Gasteiger partial charge on any atom is -0.135 e. The van der Waals surface area contributed by atoms with Gasteiger partial charge in [-0.1, -0.05) is 68.3 Å². The fourth-order valence-corrected chi connectivity index (χ4v) is 4.29. The predicted octanol–water partition coefficient (Wildman–Crippen LogP) is 6.61. The maximum absolute atomic E-state index is 3.61. The lowest BCUT2D eigenvalue weighted by atomic mass is 10.1. The Morgan fingerprint density at radius 3 is 1.42 bits per heavy atom. The molecule has 3 aromatic rings. The first-order valence-corrected chi connectivity index (χ1v) is 8.25. The van der Waals surface area contributed by atoms with Crippen molar-refractivity contribution in [3.8, 4) is 20.9 Å². The van der Waals surface area contributed by atoms with Gasteiger partial charge in [-0.05, 0) is 24.3 Å². The first-order valence-electron chi connectivity index (χ1n) is 5.85. The summed E-state index contributed by atoms with van der Waals surface area (Å²) in [7, 11) is 0. The summed E-state index contributed by atoms with van der Waals surface area (Å²) in [4.78, 5) is 2.55. The van der Waals surface area contributed by atoms with E-state index in [0.717, 1.165) is 8.95 Å². The third-order valence-electron chi connectivity index (χ3n) is 2.88. The lowest BCUT2D eigenvalue weighted by Gasteiger charge is -2.01. The van der Waals surface area contributed by atoms with Crippen LogP contribution in [0, 0.1) is 0 Å². The van der Waals surface area contributed by atoms with Crippen LogP contribution in [0.3, 0.4) is 0 Å². The van der Waals surface area contributed by atoms with E-state index in [9.17, 15) is 0 Å². The van der Waals surface area contributed by atoms with E-state index in [4.69, 9.17) is 0 Å². The summed E-state index contributed by atoms with van der Waals surface area (Å²) in [5.74, 6) is 0. The fourth-order valence-electron chi connectivity index (χ4n) is 1.95. The molecule has 0 amide bonds. The van der Waals surface area contributed by atoms with Crippen LogP contribution in [0.1, 0.15) is 0 Å². The van der Waals surface area contributed by atoms with Crippen molar-refractivity contribution in [3.05, 3.63) is 69.6 Å². The molecule has 0 fully saturated rings. The Morgan fingerprint density at radius 1 is 0.579 bits per heavy atom. The van der Waals surface area contributed by atoms with Gasteiger partial charge in [-0.15, -0.1) is 11.3 Å². The molecule has 0 nitrogen and oxygen atoms in total. The molecular weight excluding hydrogens is 384 g/mol. The van der Waals surface area contributed by atoms with Crippen molar-refractivity contribution in [1.29, 1.82) is 0 Å². The molecule has 0 aliphatic carbocycles. The Morgan fingerprint density at radius 2 is 1.00 bits per heavy atom. The van der Waals surface area contributed by atoms with Gasteiger partial charge < -0.3 is 0 Å². The van der Waals surface area contributed by atoms with Crippen molar-refractivity contribution in [2.75, 3.05) is 0 Å². The molecular formula is C16H10Br2S. The molecule has 1 heterocycles. The molecule has 0 aliphatic heterocycles. The van der Waals surface area contributed by atoms with Gasteiger partial charge in [0, 0.05) is 29.8 Å². The molecule has 0 atom stereocenters. The topological polar surface area (TPSA) is 0 Å². The average Bonchev–Trinajstić information content (AvgIpc) is 2.89. The number of thiophene rings is 1. The largest absolute Gasteiger partial charge is 0.135 e. The van der Waals surface area contributed by atoms with Gasteiger partial charge in [0.25, 0.3) is 0 Å². The zero-order valence-corrected chi connectivity index (χ0v) is 13.9. The maximum Gasteiger partial charge on any atom is 0.0360 e. The number of hydrogen-bond acceptors (Lipinski definition) is 1. The van der Waals surface area contributed by atoms with Gasteiger partial charge in [-0.2, -0.15) is 0 Å². The highest BCUT2D eigenvalue weighted by Crippen LogP contribution is 2.39. The normalized spacial score (nSPS) is 10.6. The van der Waals surface area contributed by atoms with Gasteiger partial charge in [0.2, 0.25) is 0 Å². The van der Waals surface area contributed by atoms with Crippen LogP contribution in [0.15, 0.2) is 69.6 Å². The number of halogens is 2. The molecule has 0 spiro atoms. The molecule has 0 saturated heterocycles. The van der Waals surface area contributed by atoms with Gasteiger partial charge in [0.05, 0.1) is 0 Å². The molecule has 0 unspecified atom stereocenters. The minimum atomic E-state index is 1.13. The summed E-state index contributed by atoms with van der Waals surface area (Å²) >= 11 is 9.03. The van der Waals surface area contributed by atoms with Crippen LogP contribution in [0.2, 0.25) is 0 Å². The highest BCUT2D eigenvalue weighted by Gasteiger charge is 2.09. The Hall–Kier alpha value is -0.900. The Kier molecular flexibility index (Phi) is 3.87. The lowest BCUT2D eigenvalue weighted by Crippen LogP contribution is -1.73. The van der Waals surface area contributed by atoms with E-state index in [1.165, 1.54) is 20.9 Å². The Labute approximate surface area is 133 Å². The van der Waals surface area contributed by atoms with Crippen molar-refractivity contribution < 1.29 is 0 Å². The predicted molar refractivity (Wildman–Crippen MR) is 90.6 cm³/mol. The Bertz CT molecular complexity index is 656. The van der Waals surface area contributed by atoms with Crippen molar-refractivity contribution in [2.24, 2.45) is 0 Å². The summed E-state index contributed by atoms with van der Waals surface area (Å²) in [6, 6.07) is 21.0. The van der Waals surface area contributed by atoms with E-state index in [1.54, 1.807) is 0 Å². The van der Waals surface area contributed by atoms with E-state index in [-0.39, 0.29) is 0 Å². The molecule has 0 aliphatic rings. The van der Waals surface area contributed by atoms with Crippen molar-refractivity contribution >= 4 is 43.2 Å². The third-order valence-corrected chi connectivity index (χ3v) is 5.42. The van der Waals surface area contributed by atoms with Gasteiger partial charge in [-0.25, -0.2) is 0 Å². The van der Waals surface area contributed by atoms with Crippen LogP contribution in [0.5, 0.6) is 0 Å². The molecule has 3 heteroatoms. The smallest absolute Gasteiger partial charge is 0.0360 e. The summed E-state index contributed by atoms with van der Waals surface area (Å²) in [6.07, 6.45) is 0. The van der Waals surface area contributed by atoms with Crippen LogP contribution in [0.25, 0.3) is 20.9 Å². The quantitative estimate of drug-likeness (QED) is 0.459. The summed E-state index contributed by atoms with van der Waals surface area (Å²) in [5, 5.41) is 0. The minimum absolute atomic E-state index is 1.13. The zero-order valence-electron chi connectivity index (χ0n) is 9.94. The van der Waals surface area contributed by atoms with Crippen molar-refractivity contribution in [1.82, 2.24) is 0 Å². The molecule has 0 saturated carbocycles. The SMILES string of the molecule is Brc1ccccc1-c1ccc(-c2ccccc2Br)s1. The van der Waals surface area contributed by atoms with Crippen LogP contribution in [-0.2, 0) is 0 Å². The lowest BCUT2D eigenvalue weighted by molar-refractivity contribution is 1.64. The number of hydrogen-bond donors (Lipinski definition) is 0. The second-order valence-electron chi connectivity index (χ2n) is 4.12. The summed E-state index contributed by atoms with van der Waals surface area (Å²) in [6.45, 7) is 0. The highest BCUT2D eigenvalue weighted by molar-refractivity contribution is 9.11. The zero-order chi connectivity index (χ0) is 13.2. The number of benzene rings is 2. The summed E-state index contributed by atoms with van der Waals surface area (Å²) < 4.78 is 2.27. The second kappa shape index (κ2) is 5.61. The van der Waals surface area contributed by atoms with E-state index >= 15 is 0 Å². The maximum atomic E-state index is 3.61. The standard InChI is InChI=1S/C16H10Br2S/c17-13-7-3-1-5-11(13)15-9-10-16(19-15)12-6-2-4-8-14(12)18/h1-10H. The second-order valence-corrected chi connectivity index (χ2v) is 6.92. The van der Waals surface area contributed by atoms with Crippen LogP contribution < -0.4 is 0 Å². The summed E-state index contributed by atoms with van der Waals surface area (Å²) in [5.41, 5.74) is 2.48. The third kappa shape index (κ3) is 2.69. The van der Waals surface area contributed by atoms with Crippen LogP contribution in [0.4, 0.5) is 0 Å². The van der Waals surface area contributed by atoms with Crippen LogP contribution in [-0.4, -0.2) is 0 Å². The monoisotopic (exact) mass is 392 g/mol. The number of rotatable bonds is 2. The molecule has 94 valence electrons. The molecule has 3 rings (SSSR count). The van der Waals surface area contributed by atoms with Crippen LogP contribution >= 0.6 is 43.2 Å². The fraction of sp³-hybridized carbons (Fsp3) is 0. The first kappa shape index (κ1) is 13.1. The molecule has 0 radical (unpaired) electrons.